The van der Waals surface area contributed by atoms with E-state index in [2.05, 4.69) is 36.5 Å². The van der Waals surface area contributed by atoms with Crippen LogP contribution in [0.4, 0.5) is 4.79 Å². The Bertz CT molecular complexity index is 597. The van der Waals surface area contributed by atoms with Crippen molar-refractivity contribution in [1.29, 1.82) is 0 Å². The molecule has 2 N–H and O–H groups in total. The first-order chi connectivity index (χ1) is 11.2. The smallest absolute Gasteiger partial charge is 0.315 e. The Hall–Kier alpha value is -2.05. The number of likely N-dealkylation sites (tertiary alicyclic amines) is 1. The Morgan fingerprint density at radius 2 is 1.92 bits per heavy atom. The summed E-state index contributed by atoms with van der Waals surface area (Å²) in [5.41, 5.74) is 1.77. The van der Waals surface area contributed by atoms with Gasteiger partial charge in [-0.2, -0.15) is 5.10 Å². The molecule has 0 saturated carbocycles. The van der Waals surface area contributed by atoms with Crippen LogP contribution in [0.5, 0.6) is 0 Å². The Balaban J connectivity index is 1.87. The SMILES string of the molecule is Cc1nn(C(C)(C)C)cc1[C@@H](C)NC(=O)NCC(=O)N1CCCC1. The van der Waals surface area contributed by atoms with Gasteiger partial charge in [-0.05, 0) is 47.5 Å². The summed E-state index contributed by atoms with van der Waals surface area (Å²) in [4.78, 5) is 25.8. The van der Waals surface area contributed by atoms with E-state index in [0.717, 1.165) is 37.2 Å². The van der Waals surface area contributed by atoms with E-state index in [1.807, 2.05) is 24.7 Å². The second-order valence-corrected chi connectivity index (χ2v) is 7.42. The highest BCUT2D eigenvalue weighted by atomic mass is 16.2. The van der Waals surface area contributed by atoms with E-state index in [4.69, 9.17) is 0 Å². The van der Waals surface area contributed by atoms with Crippen molar-refractivity contribution in [2.24, 2.45) is 0 Å². The Morgan fingerprint density at radius 3 is 2.46 bits per heavy atom. The van der Waals surface area contributed by atoms with Crippen LogP contribution in [0, 0.1) is 6.92 Å². The Morgan fingerprint density at radius 1 is 1.29 bits per heavy atom. The van der Waals surface area contributed by atoms with Crippen LogP contribution in [0.25, 0.3) is 0 Å². The summed E-state index contributed by atoms with van der Waals surface area (Å²) in [6.45, 7) is 11.7. The molecule has 1 aromatic rings. The predicted octanol–water partition coefficient (Wildman–Crippen LogP) is 1.93. The standard InChI is InChI=1S/C17H29N5O2/c1-12(14-11-22(17(3,4)5)20-13(14)2)19-16(24)18-10-15(23)21-8-6-7-9-21/h11-12H,6-10H2,1-5H3,(H2,18,19,24)/t12-/m1/s1. The van der Waals surface area contributed by atoms with Gasteiger partial charge in [-0.3, -0.25) is 9.48 Å². The molecular formula is C17H29N5O2. The molecular weight excluding hydrogens is 306 g/mol. The molecule has 2 heterocycles. The van der Waals surface area contributed by atoms with Gasteiger partial charge in [-0.25, -0.2) is 4.79 Å². The molecule has 1 fully saturated rings. The molecule has 7 heteroatoms. The van der Waals surface area contributed by atoms with E-state index in [1.165, 1.54) is 0 Å². The second-order valence-electron chi connectivity index (χ2n) is 7.42. The second kappa shape index (κ2) is 7.23. The quantitative estimate of drug-likeness (QED) is 0.882. The molecule has 1 aliphatic heterocycles. The van der Waals surface area contributed by atoms with Crippen molar-refractivity contribution in [2.75, 3.05) is 19.6 Å². The fraction of sp³-hybridized carbons (Fsp3) is 0.706. The molecule has 0 aromatic carbocycles. The number of aromatic nitrogens is 2. The van der Waals surface area contributed by atoms with Gasteiger partial charge < -0.3 is 15.5 Å². The van der Waals surface area contributed by atoms with Gasteiger partial charge in [0.05, 0.1) is 23.8 Å². The van der Waals surface area contributed by atoms with Crippen LogP contribution in [-0.2, 0) is 10.3 Å². The minimum absolute atomic E-state index is 0.0213. The summed E-state index contributed by atoms with van der Waals surface area (Å²) in [5, 5.41) is 10.0. The van der Waals surface area contributed by atoms with Gasteiger partial charge in [0.2, 0.25) is 5.91 Å². The molecule has 134 valence electrons. The van der Waals surface area contributed by atoms with Crippen molar-refractivity contribution in [3.63, 3.8) is 0 Å². The van der Waals surface area contributed by atoms with E-state index in [9.17, 15) is 9.59 Å². The average molecular weight is 335 g/mol. The van der Waals surface area contributed by atoms with Gasteiger partial charge in [0, 0.05) is 24.8 Å². The van der Waals surface area contributed by atoms with Gasteiger partial charge in [0.15, 0.2) is 0 Å². The zero-order chi connectivity index (χ0) is 17.9. The largest absolute Gasteiger partial charge is 0.341 e. The Labute approximate surface area is 143 Å². The number of amides is 3. The normalized spacial score (nSPS) is 16.1. The third-order valence-corrected chi connectivity index (χ3v) is 4.30. The van der Waals surface area contributed by atoms with Gasteiger partial charge in [-0.15, -0.1) is 0 Å². The van der Waals surface area contributed by atoms with E-state index in [1.54, 1.807) is 4.90 Å². The lowest BCUT2D eigenvalue weighted by Gasteiger charge is -2.19. The van der Waals surface area contributed by atoms with Crippen LogP contribution < -0.4 is 10.6 Å². The first-order valence-corrected chi connectivity index (χ1v) is 8.57. The minimum atomic E-state index is -0.335. The number of carbonyl (C=O) groups is 2. The highest BCUT2D eigenvalue weighted by Crippen LogP contribution is 2.21. The molecule has 7 nitrogen and oxygen atoms in total. The fourth-order valence-corrected chi connectivity index (χ4v) is 2.80. The molecule has 24 heavy (non-hydrogen) atoms. The number of nitrogens with one attached hydrogen (secondary N) is 2. The van der Waals surface area contributed by atoms with Gasteiger partial charge in [-0.1, -0.05) is 0 Å². The zero-order valence-corrected chi connectivity index (χ0v) is 15.3. The summed E-state index contributed by atoms with van der Waals surface area (Å²) in [5.74, 6) is -0.0213. The average Bonchev–Trinajstić information content (AvgIpc) is 3.13. The Kier molecular flexibility index (Phi) is 5.51. The number of urea groups is 1. The van der Waals surface area contributed by atoms with E-state index in [-0.39, 0.29) is 30.1 Å². The van der Waals surface area contributed by atoms with Crippen molar-refractivity contribution in [1.82, 2.24) is 25.3 Å². The van der Waals surface area contributed by atoms with Crippen LogP contribution >= 0.6 is 0 Å². The number of hydrogen-bond acceptors (Lipinski definition) is 3. The molecule has 0 aliphatic carbocycles. The molecule has 3 amide bonds. The number of nitrogens with zero attached hydrogens (tertiary/aromatic N) is 3. The molecule has 1 saturated heterocycles. The predicted molar refractivity (Wildman–Crippen MR) is 92.7 cm³/mol. The summed E-state index contributed by atoms with van der Waals surface area (Å²) in [6, 6.07) is -0.513. The van der Waals surface area contributed by atoms with Crippen molar-refractivity contribution in [3.05, 3.63) is 17.5 Å². The summed E-state index contributed by atoms with van der Waals surface area (Å²) >= 11 is 0. The first kappa shape index (κ1) is 18.3. The lowest BCUT2D eigenvalue weighted by Crippen LogP contribution is -2.43. The highest BCUT2D eigenvalue weighted by Gasteiger charge is 2.21. The van der Waals surface area contributed by atoms with E-state index >= 15 is 0 Å². The van der Waals surface area contributed by atoms with Gasteiger partial charge in [0.1, 0.15) is 0 Å². The fourth-order valence-electron chi connectivity index (χ4n) is 2.80. The molecule has 0 spiro atoms. The molecule has 1 aliphatic rings. The van der Waals surface area contributed by atoms with Crippen LogP contribution in [0.15, 0.2) is 6.20 Å². The highest BCUT2D eigenvalue weighted by molar-refractivity contribution is 5.84. The van der Waals surface area contributed by atoms with Crippen LogP contribution in [0.2, 0.25) is 0 Å². The maximum absolute atomic E-state index is 12.0. The third-order valence-electron chi connectivity index (χ3n) is 4.30. The number of hydrogen-bond donors (Lipinski definition) is 2. The lowest BCUT2D eigenvalue weighted by molar-refractivity contribution is -0.129. The van der Waals surface area contributed by atoms with Crippen molar-refractivity contribution in [3.8, 4) is 0 Å². The number of rotatable bonds is 4. The van der Waals surface area contributed by atoms with Crippen molar-refractivity contribution >= 4 is 11.9 Å². The number of aryl methyl sites for hydroxylation is 1. The maximum atomic E-state index is 12.0. The maximum Gasteiger partial charge on any atom is 0.315 e. The van der Waals surface area contributed by atoms with Crippen LogP contribution in [0.3, 0.4) is 0 Å². The molecule has 0 bridgehead atoms. The molecule has 0 unspecified atom stereocenters. The van der Waals surface area contributed by atoms with E-state index < -0.39 is 0 Å². The van der Waals surface area contributed by atoms with Gasteiger partial charge in [0.25, 0.3) is 0 Å². The van der Waals surface area contributed by atoms with E-state index in [0.29, 0.717) is 0 Å². The number of carbonyl (C=O) groups excluding carboxylic acids is 2. The molecule has 0 radical (unpaired) electrons. The topological polar surface area (TPSA) is 79.3 Å². The van der Waals surface area contributed by atoms with Crippen molar-refractivity contribution in [2.45, 2.75) is 59.0 Å². The van der Waals surface area contributed by atoms with Crippen LogP contribution in [0.1, 0.15) is 57.8 Å². The third kappa shape index (κ3) is 4.49. The summed E-state index contributed by atoms with van der Waals surface area (Å²) in [6.07, 6.45) is 4.06. The zero-order valence-electron chi connectivity index (χ0n) is 15.3. The summed E-state index contributed by atoms with van der Waals surface area (Å²) < 4.78 is 1.91. The summed E-state index contributed by atoms with van der Waals surface area (Å²) in [7, 11) is 0. The first-order valence-electron chi connectivity index (χ1n) is 8.57. The molecule has 1 aromatic heterocycles. The molecule has 2 rings (SSSR count). The van der Waals surface area contributed by atoms with Crippen LogP contribution in [-0.4, -0.2) is 46.3 Å². The lowest BCUT2D eigenvalue weighted by atomic mass is 10.1. The minimum Gasteiger partial charge on any atom is -0.341 e. The van der Waals surface area contributed by atoms with Crippen molar-refractivity contribution < 1.29 is 9.59 Å². The monoisotopic (exact) mass is 335 g/mol. The molecule has 1 atom stereocenters. The van der Waals surface area contributed by atoms with Gasteiger partial charge >= 0.3 is 6.03 Å².